The van der Waals surface area contributed by atoms with Crippen LogP contribution in [-0.2, 0) is 0 Å². The predicted octanol–water partition coefficient (Wildman–Crippen LogP) is 4.79. The van der Waals surface area contributed by atoms with Gasteiger partial charge < -0.3 is 9.84 Å². The van der Waals surface area contributed by atoms with Crippen LogP contribution in [-0.4, -0.2) is 16.6 Å². The van der Waals surface area contributed by atoms with Crippen LogP contribution in [0.5, 0.6) is 11.5 Å². The highest BCUT2D eigenvalue weighted by molar-refractivity contribution is 5.89. The fourth-order valence-corrected chi connectivity index (χ4v) is 2.95. The van der Waals surface area contributed by atoms with E-state index in [4.69, 9.17) is 4.74 Å². The summed E-state index contributed by atoms with van der Waals surface area (Å²) in [6.45, 7) is 7.87. The minimum Gasteiger partial charge on any atom is -0.508 e. The Hall–Kier alpha value is -3.60. The number of allylic oxidation sites excluding steroid dienone is 3. The molecule has 0 saturated carbocycles. The lowest BCUT2D eigenvalue weighted by atomic mass is 9.87. The molecule has 2 aromatic carbocycles. The van der Waals surface area contributed by atoms with E-state index in [0.717, 1.165) is 27.8 Å². The van der Waals surface area contributed by atoms with Gasteiger partial charge in [-0.1, -0.05) is 31.4 Å². The van der Waals surface area contributed by atoms with E-state index in [1.54, 1.807) is 42.5 Å². The zero-order chi connectivity index (χ0) is 18.7. The molecule has 26 heavy (non-hydrogen) atoms. The van der Waals surface area contributed by atoms with Crippen LogP contribution in [0.25, 0.3) is 5.57 Å². The number of hydrogen-bond donors (Lipinski definition) is 1. The third kappa shape index (κ3) is 3.15. The van der Waals surface area contributed by atoms with Gasteiger partial charge in [0.25, 0.3) is 5.69 Å². The molecule has 0 atom stereocenters. The molecule has 0 unspecified atom stereocenters. The van der Waals surface area contributed by atoms with E-state index in [0.29, 0.717) is 5.75 Å². The van der Waals surface area contributed by atoms with E-state index in [9.17, 15) is 15.2 Å². The number of nitro benzene ring substituents is 1. The van der Waals surface area contributed by atoms with Crippen LogP contribution in [0.4, 0.5) is 5.69 Å². The summed E-state index contributed by atoms with van der Waals surface area (Å²) in [5.74, 6) is 0.671. The van der Waals surface area contributed by atoms with Crippen LogP contribution >= 0.6 is 0 Å². The highest BCUT2D eigenvalue weighted by Gasteiger charge is 2.23. The predicted molar refractivity (Wildman–Crippen MR) is 101 cm³/mol. The van der Waals surface area contributed by atoms with Crippen molar-refractivity contribution in [1.29, 1.82) is 0 Å². The van der Waals surface area contributed by atoms with E-state index >= 15 is 0 Å². The minimum atomic E-state index is -0.429. The van der Waals surface area contributed by atoms with Crippen molar-refractivity contribution < 1.29 is 14.8 Å². The summed E-state index contributed by atoms with van der Waals surface area (Å²) in [4.78, 5) is 10.5. The zero-order valence-electron chi connectivity index (χ0n) is 14.0. The van der Waals surface area contributed by atoms with Crippen LogP contribution in [0.3, 0.4) is 0 Å². The summed E-state index contributed by atoms with van der Waals surface area (Å²) in [6, 6.07) is 11.3. The zero-order valence-corrected chi connectivity index (χ0v) is 14.0. The van der Waals surface area contributed by atoms with Crippen molar-refractivity contribution in [1.82, 2.24) is 0 Å². The number of non-ortho nitro benzene ring substituents is 1. The Morgan fingerprint density at radius 3 is 2.54 bits per heavy atom. The van der Waals surface area contributed by atoms with Crippen LogP contribution in [0.15, 0.2) is 85.0 Å². The Morgan fingerprint density at radius 1 is 1.19 bits per heavy atom. The number of phenols is 1. The number of nitrogens with zero attached hydrogens (tertiary/aromatic N) is 1. The Balaban J connectivity index is 2.26. The smallest absolute Gasteiger partial charge is 0.269 e. The van der Waals surface area contributed by atoms with Crippen molar-refractivity contribution in [2.24, 2.45) is 0 Å². The topological polar surface area (TPSA) is 72.6 Å². The van der Waals surface area contributed by atoms with Gasteiger partial charge in [0.2, 0.25) is 0 Å². The van der Waals surface area contributed by atoms with Gasteiger partial charge in [-0.3, -0.25) is 10.1 Å². The number of aromatic hydroxyl groups is 1. The van der Waals surface area contributed by atoms with E-state index in [1.165, 1.54) is 12.1 Å². The molecule has 0 amide bonds. The number of fused-ring (bicyclic) bond motifs is 1. The number of benzene rings is 2. The lowest BCUT2D eigenvalue weighted by Crippen LogP contribution is -2.13. The van der Waals surface area contributed by atoms with Gasteiger partial charge in [0.15, 0.2) is 0 Å². The van der Waals surface area contributed by atoms with Gasteiger partial charge in [-0.05, 0) is 41.0 Å². The molecule has 2 aromatic rings. The normalized spacial score (nSPS) is 13.6. The third-order valence-electron chi connectivity index (χ3n) is 4.14. The number of ether oxygens (including phenoxy) is 1. The standard InChI is InChI=1S/C21H17NO4/c1-3-5-14(4-2)19-13-26-20-12-17(23)10-11-18(20)21(19)15-6-8-16(9-7-15)22(24)25/h3-12,23H,1-2,13H2/b14-5+. The van der Waals surface area contributed by atoms with Gasteiger partial charge in [0, 0.05) is 29.3 Å². The van der Waals surface area contributed by atoms with Crippen molar-refractivity contribution in [3.63, 3.8) is 0 Å². The van der Waals surface area contributed by atoms with Crippen molar-refractivity contribution in [2.75, 3.05) is 6.61 Å². The van der Waals surface area contributed by atoms with Crippen LogP contribution < -0.4 is 4.74 Å². The lowest BCUT2D eigenvalue weighted by molar-refractivity contribution is -0.384. The number of phenolic OH excluding ortho intramolecular Hbond substituents is 1. The molecule has 1 aliphatic heterocycles. The summed E-state index contributed by atoms with van der Waals surface area (Å²) in [6.07, 6.45) is 5.23. The quantitative estimate of drug-likeness (QED) is 0.479. The molecule has 0 spiro atoms. The molecule has 0 saturated heterocycles. The Kier molecular flexibility index (Phi) is 4.71. The van der Waals surface area contributed by atoms with Gasteiger partial charge >= 0.3 is 0 Å². The summed E-state index contributed by atoms with van der Waals surface area (Å²) >= 11 is 0. The highest BCUT2D eigenvalue weighted by atomic mass is 16.6. The molecule has 0 aliphatic carbocycles. The van der Waals surface area contributed by atoms with E-state index in [-0.39, 0.29) is 18.0 Å². The number of hydrogen-bond acceptors (Lipinski definition) is 4. The van der Waals surface area contributed by atoms with Crippen molar-refractivity contribution in [3.05, 3.63) is 106 Å². The van der Waals surface area contributed by atoms with Gasteiger partial charge in [-0.2, -0.15) is 0 Å². The van der Waals surface area contributed by atoms with Gasteiger partial charge in [0.1, 0.15) is 18.1 Å². The van der Waals surface area contributed by atoms with Gasteiger partial charge in [-0.25, -0.2) is 0 Å². The average Bonchev–Trinajstić information content (AvgIpc) is 2.65. The highest BCUT2D eigenvalue weighted by Crippen LogP contribution is 2.41. The average molecular weight is 347 g/mol. The molecule has 5 nitrogen and oxygen atoms in total. The maximum Gasteiger partial charge on any atom is 0.269 e. The third-order valence-corrected chi connectivity index (χ3v) is 4.14. The molecule has 0 aromatic heterocycles. The maximum absolute atomic E-state index is 10.9. The van der Waals surface area contributed by atoms with E-state index < -0.39 is 4.92 Å². The summed E-state index contributed by atoms with van der Waals surface area (Å²) in [5.41, 5.74) is 4.28. The first-order chi connectivity index (χ1) is 12.5. The first kappa shape index (κ1) is 17.2. The number of rotatable bonds is 5. The summed E-state index contributed by atoms with van der Waals surface area (Å²) < 4.78 is 5.81. The molecule has 0 fully saturated rings. The molecule has 0 radical (unpaired) electrons. The Labute approximate surface area is 151 Å². The fraction of sp³-hybridized carbons (Fsp3) is 0.0476. The Bertz CT molecular complexity index is 952. The second-order valence-electron chi connectivity index (χ2n) is 5.69. The van der Waals surface area contributed by atoms with Crippen molar-refractivity contribution >= 4 is 11.3 Å². The molecule has 1 aliphatic rings. The first-order valence-corrected chi connectivity index (χ1v) is 7.95. The molecule has 5 heteroatoms. The van der Waals surface area contributed by atoms with Crippen molar-refractivity contribution in [2.45, 2.75) is 0 Å². The molecule has 1 heterocycles. The number of nitro groups is 1. The van der Waals surface area contributed by atoms with Gasteiger partial charge in [-0.15, -0.1) is 0 Å². The van der Waals surface area contributed by atoms with E-state index in [2.05, 4.69) is 13.2 Å². The second kappa shape index (κ2) is 7.11. The SMILES string of the molecule is C=C/C=C(\C=C)C1=C(c2ccc([N+](=O)[O-])cc2)c2ccc(O)cc2OC1. The van der Waals surface area contributed by atoms with Crippen LogP contribution in [0.2, 0.25) is 0 Å². The molecule has 1 N–H and O–H groups in total. The molecule has 130 valence electrons. The largest absolute Gasteiger partial charge is 0.508 e. The first-order valence-electron chi connectivity index (χ1n) is 7.95. The molecule has 0 bridgehead atoms. The second-order valence-corrected chi connectivity index (χ2v) is 5.69. The lowest BCUT2D eigenvalue weighted by Gasteiger charge is -2.25. The van der Waals surface area contributed by atoms with Crippen LogP contribution in [0.1, 0.15) is 11.1 Å². The minimum absolute atomic E-state index is 0.0273. The summed E-state index contributed by atoms with van der Waals surface area (Å²) in [7, 11) is 0. The summed E-state index contributed by atoms with van der Waals surface area (Å²) in [5, 5.41) is 20.7. The van der Waals surface area contributed by atoms with Crippen molar-refractivity contribution in [3.8, 4) is 11.5 Å². The van der Waals surface area contributed by atoms with Gasteiger partial charge in [0.05, 0.1) is 4.92 Å². The fourth-order valence-electron chi connectivity index (χ4n) is 2.95. The maximum atomic E-state index is 10.9. The molecule has 3 rings (SSSR count). The molecular formula is C21H17NO4. The van der Waals surface area contributed by atoms with Crippen LogP contribution in [0, 0.1) is 10.1 Å². The van der Waals surface area contributed by atoms with E-state index in [1.807, 2.05) is 6.08 Å². The monoisotopic (exact) mass is 347 g/mol. The Morgan fingerprint density at radius 2 is 1.92 bits per heavy atom. The molecular weight excluding hydrogens is 330 g/mol.